The van der Waals surface area contributed by atoms with Crippen molar-refractivity contribution in [2.45, 2.75) is 13.1 Å². The Kier molecular flexibility index (Phi) is 3.80. The molecule has 2 heterocycles. The van der Waals surface area contributed by atoms with Gasteiger partial charge in [-0.1, -0.05) is 12.1 Å². The zero-order valence-electron chi connectivity index (χ0n) is 15.9. The summed E-state index contributed by atoms with van der Waals surface area (Å²) in [5.41, 5.74) is 3.26. The summed E-state index contributed by atoms with van der Waals surface area (Å²) >= 11 is 0. The van der Waals surface area contributed by atoms with E-state index in [9.17, 15) is 13.2 Å². The molecule has 1 aromatic heterocycles. The van der Waals surface area contributed by atoms with Gasteiger partial charge in [-0.3, -0.25) is 0 Å². The first-order valence-corrected chi connectivity index (χ1v) is 9.05. The molecule has 0 unspecified atom stereocenters. The number of aryl methyl sites for hydroxylation is 1. The molecule has 6 nitrogen and oxygen atoms in total. The van der Waals surface area contributed by atoms with Crippen molar-refractivity contribution in [3.05, 3.63) is 70.2 Å². The molecule has 1 aliphatic heterocycles. The van der Waals surface area contributed by atoms with E-state index in [4.69, 9.17) is 11.8 Å². The molecule has 0 spiro atoms. The van der Waals surface area contributed by atoms with Gasteiger partial charge >= 0.3 is 18.3 Å². The van der Waals surface area contributed by atoms with Crippen LogP contribution < -0.4 is 4.58 Å². The van der Waals surface area contributed by atoms with Crippen molar-refractivity contribution < 1.29 is 13.2 Å². The number of nitriles is 1. The Bertz CT molecular complexity index is 1450. The molecule has 2 aromatic carbocycles. The molecule has 0 amide bonds. The number of rotatable bonds is 0. The maximum absolute atomic E-state index is 13.2. The van der Waals surface area contributed by atoms with E-state index >= 15 is 0 Å². The second kappa shape index (κ2) is 6.31. The first kappa shape index (κ1) is 18.6. The second-order valence-corrected chi connectivity index (χ2v) is 7.05. The molecule has 2 aliphatic rings. The standard InChI is InChI=1S/C22H10F3N6/c1-11-3-5-14-16(7-11)31(10-27-2)21-19(14)29-20-17(28-9-26)15-8-12(22(23,24)25)4-6-13(15)18(20)30-21/h3-8,10H,1H3/q+1. The van der Waals surface area contributed by atoms with Crippen LogP contribution in [0.5, 0.6) is 0 Å². The minimum atomic E-state index is -4.54. The summed E-state index contributed by atoms with van der Waals surface area (Å²) in [6.07, 6.45) is -1.59. The number of aromatic nitrogens is 2. The number of nitrogens with zero attached hydrogens (tertiary/aromatic N) is 6. The Hall–Kier alpha value is -4.37. The first-order valence-electron chi connectivity index (χ1n) is 9.05. The highest BCUT2D eigenvalue weighted by atomic mass is 19.4. The van der Waals surface area contributed by atoms with Crippen molar-refractivity contribution in [1.82, 2.24) is 14.5 Å². The van der Waals surface area contributed by atoms with Gasteiger partial charge in [-0.2, -0.15) is 37.8 Å². The maximum Gasteiger partial charge on any atom is 0.416 e. The maximum atomic E-state index is 13.2. The summed E-state index contributed by atoms with van der Waals surface area (Å²) in [5.74, 6) is 0.402. The normalized spacial score (nSPS) is 15.8. The predicted octanol–water partition coefficient (Wildman–Crippen LogP) is 4.87. The lowest BCUT2D eigenvalue weighted by molar-refractivity contribution is -0.137. The summed E-state index contributed by atoms with van der Waals surface area (Å²) in [5, 5.41) is 9.15. The SMILES string of the molecule is [C-]#[N+]C=[N+]1c2cc(C)ccc2-c2nc3c(nc21)-c1ccc(C(F)(F)F)cc1C3=NC#N. The first-order chi connectivity index (χ1) is 14.8. The molecule has 0 saturated carbocycles. The third kappa shape index (κ3) is 2.64. The molecule has 9 heteroatoms. The highest BCUT2D eigenvalue weighted by molar-refractivity contribution is 6.23. The smallest absolute Gasteiger partial charge is 0.235 e. The highest BCUT2D eigenvalue weighted by Crippen LogP contribution is 2.47. The molecule has 0 atom stereocenters. The Balaban J connectivity index is 1.81. The van der Waals surface area contributed by atoms with Crippen molar-refractivity contribution in [2.75, 3.05) is 0 Å². The van der Waals surface area contributed by atoms with Crippen LogP contribution in [0.2, 0.25) is 0 Å². The highest BCUT2D eigenvalue weighted by Gasteiger charge is 2.40. The number of benzene rings is 2. The van der Waals surface area contributed by atoms with Crippen LogP contribution in [0, 0.1) is 25.0 Å². The lowest BCUT2D eigenvalue weighted by Crippen LogP contribution is -2.07. The van der Waals surface area contributed by atoms with Gasteiger partial charge in [-0.25, -0.2) is 4.98 Å². The molecular weight excluding hydrogens is 405 g/mol. The number of alkyl halides is 3. The van der Waals surface area contributed by atoms with Crippen LogP contribution in [0.4, 0.5) is 24.7 Å². The van der Waals surface area contributed by atoms with Crippen LogP contribution in [-0.2, 0) is 6.18 Å². The summed E-state index contributed by atoms with van der Waals surface area (Å²) < 4.78 is 41.4. The number of halogens is 3. The fraction of sp³-hybridized carbons (Fsp3) is 0.0909. The van der Waals surface area contributed by atoms with Crippen LogP contribution in [0.3, 0.4) is 0 Å². The topological polar surface area (TPSA) is 69.3 Å². The van der Waals surface area contributed by atoms with E-state index in [2.05, 4.69) is 19.8 Å². The average Bonchev–Trinajstić information content (AvgIpc) is 3.19. The largest absolute Gasteiger partial charge is 0.416 e. The van der Waals surface area contributed by atoms with Crippen molar-refractivity contribution in [2.24, 2.45) is 4.99 Å². The molecule has 1 aliphatic carbocycles. The van der Waals surface area contributed by atoms with E-state index < -0.39 is 11.7 Å². The van der Waals surface area contributed by atoms with Crippen LogP contribution in [0.25, 0.3) is 27.4 Å². The number of hydrogen-bond acceptors (Lipinski definition) is 4. The van der Waals surface area contributed by atoms with E-state index in [1.54, 1.807) is 10.8 Å². The van der Waals surface area contributed by atoms with E-state index in [0.717, 1.165) is 28.9 Å². The number of hydrogen-bond donors (Lipinski definition) is 0. The van der Waals surface area contributed by atoms with Gasteiger partial charge < -0.3 is 0 Å². The molecule has 31 heavy (non-hydrogen) atoms. The van der Waals surface area contributed by atoms with Crippen LogP contribution >= 0.6 is 0 Å². The van der Waals surface area contributed by atoms with Gasteiger partial charge in [0, 0.05) is 17.2 Å². The van der Waals surface area contributed by atoms with Crippen molar-refractivity contribution in [3.8, 4) is 28.7 Å². The molecule has 0 N–H and O–H groups in total. The summed E-state index contributed by atoms with van der Waals surface area (Å²) in [7, 11) is 0. The van der Waals surface area contributed by atoms with Gasteiger partial charge in [0.1, 0.15) is 23.7 Å². The number of aliphatic imine (C=N–C) groups is 1. The predicted molar refractivity (Wildman–Crippen MR) is 108 cm³/mol. The van der Waals surface area contributed by atoms with Crippen LogP contribution in [0.15, 0.2) is 41.4 Å². The fourth-order valence-electron chi connectivity index (χ4n) is 3.87. The van der Waals surface area contributed by atoms with Crippen molar-refractivity contribution in [1.29, 1.82) is 5.26 Å². The lowest BCUT2D eigenvalue weighted by atomic mass is 10.0. The summed E-state index contributed by atoms with van der Waals surface area (Å²) in [6.45, 7) is 9.18. The second-order valence-electron chi connectivity index (χ2n) is 7.05. The monoisotopic (exact) mass is 415 g/mol. The van der Waals surface area contributed by atoms with Crippen LogP contribution in [-0.4, -0.2) is 22.0 Å². The van der Waals surface area contributed by atoms with Crippen molar-refractivity contribution in [3.63, 3.8) is 0 Å². The Morgan fingerprint density at radius 3 is 2.55 bits per heavy atom. The number of fused-ring (bicyclic) bond motifs is 6. The molecule has 0 bridgehead atoms. The van der Waals surface area contributed by atoms with E-state index in [1.165, 1.54) is 12.4 Å². The molecule has 0 fully saturated rings. The van der Waals surface area contributed by atoms with Gasteiger partial charge in [0.25, 0.3) is 0 Å². The van der Waals surface area contributed by atoms with Gasteiger partial charge in [0.2, 0.25) is 11.9 Å². The van der Waals surface area contributed by atoms with E-state index in [-0.39, 0.29) is 17.0 Å². The van der Waals surface area contributed by atoms with Gasteiger partial charge in [0.15, 0.2) is 5.69 Å². The molecule has 0 saturated heterocycles. The molecular formula is C22H10F3N6+. The zero-order valence-corrected chi connectivity index (χ0v) is 15.9. The minimum absolute atomic E-state index is 0.0511. The Morgan fingerprint density at radius 1 is 1.06 bits per heavy atom. The van der Waals surface area contributed by atoms with Gasteiger partial charge in [-0.05, 0) is 30.7 Å². The third-order valence-electron chi connectivity index (χ3n) is 5.19. The Labute approximate surface area is 174 Å². The third-order valence-corrected chi connectivity index (χ3v) is 5.19. The van der Waals surface area contributed by atoms with Gasteiger partial charge in [0.05, 0.1) is 11.1 Å². The molecule has 0 radical (unpaired) electrons. The minimum Gasteiger partial charge on any atom is -0.235 e. The quantitative estimate of drug-likeness (QED) is 0.157. The lowest BCUT2D eigenvalue weighted by Gasteiger charge is -2.08. The fourth-order valence-corrected chi connectivity index (χ4v) is 3.87. The molecule has 3 aromatic rings. The molecule has 5 rings (SSSR count). The van der Waals surface area contributed by atoms with Crippen molar-refractivity contribution >= 4 is 23.6 Å². The van der Waals surface area contributed by atoms with Crippen LogP contribution in [0.1, 0.15) is 22.4 Å². The average molecular weight is 415 g/mol. The van der Waals surface area contributed by atoms with E-state index in [1.807, 2.05) is 25.1 Å². The summed E-state index contributed by atoms with van der Waals surface area (Å²) in [4.78, 5) is 16.4. The van der Waals surface area contributed by atoms with E-state index in [0.29, 0.717) is 22.8 Å². The zero-order chi connectivity index (χ0) is 21.9. The molecule has 148 valence electrons. The van der Waals surface area contributed by atoms with Gasteiger partial charge in [-0.15, -0.1) is 0 Å². The Morgan fingerprint density at radius 2 is 1.84 bits per heavy atom. The summed E-state index contributed by atoms with van der Waals surface area (Å²) in [6, 6.07) is 8.89.